The van der Waals surface area contributed by atoms with E-state index in [9.17, 15) is 9.18 Å². The molecule has 1 N–H and O–H groups in total. The molecule has 0 bridgehead atoms. The van der Waals surface area contributed by atoms with E-state index in [1.165, 1.54) is 25.3 Å². The highest BCUT2D eigenvalue weighted by atomic mass is 19.1. The van der Waals surface area contributed by atoms with Crippen molar-refractivity contribution in [3.05, 3.63) is 53.3 Å². The summed E-state index contributed by atoms with van der Waals surface area (Å²) in [6.07, 6.45) is 0. The molecule has 0 heterocycles. The molecule has 0 aliphatic rings. The second kappa shape index (κ2) is 5.10. The van der Waals surface area contributed by atoms with Crippen molar-refractivity contribution >= 4 is 5.97 Å². The van der Waals surface area contributed by atoms with Crippen molar-refractivity contribution in [1.82, 2.24) is 0 Å². The van der Waals surface area contributed by atoms with Crippen LogP contribution in [0.4, 0.5) is 4.39 Å². The van der Waals surface area contributed by atoms with Crippen LogP contribution < -0.4 is 4.74 Å². The van der Waals surface area contributed by atoms with Crippen molar-refractivity contribution in [2.24, 2.45) is 0 Å². The van der Waals surface area contributed by atoms with Gasteiger partial charge in [-0.2, -0.15) is 0 Å². The standard InChI is InChI=1S/C15H13FO3/c1-9-3-5-11(13(16)7-9)12-6-4-10(15(17)18)8-14(12)19-2/h3-8H,1-2H3,(H,17,18). The lowest BCUT2D eigenvalue weighted by molar-refractivity contribution is 0.0696. The number of methoxy groups -OCH3 is 1. The summed E-state index contributed by atoms with van der Waals surface area (Å²) >= 11 is 0. The molecule has 2 aromatic carbocycles. The molecule has 0 fully saturated rings. The predicted molar refractivity (Wildman–Crippen MR) is 70.1 cm³/mol. The average molecular weight is 260 g/mol. The van der Waals surface area contributed by atoms with Crippen LogP contribution in [0, 0.1) is 12.7 Å². The minimum atomic E-state index is -1.05. The van der Waals surface area contributed by atoms with E-state index in [4.69, 9.17) is 9.84 Å². The lowest BCUT2D eigenvalue weighted by Gasteiger charge is -2.11. The van der Waals surface area contributed by atoms with Gasteiger partial charge in [0.2, 0.25) is 0 Å². The summed E-state index contributed by atoms with van der Waals surface area (Å²) in [6, 6.07) is 9.25. The van der Waals surface area contributed by atoms with E-state index in [2.05, 4.69) is 0 Å². The summed E-state index contributed by atoms with van der Waals surface area (Å²) < 4.78 is 19.1. The number of aromatic carboxylic acids is 1. The molecule has 19 heavy (non-hydrogen) atoms. The Kier molecular flexibility index (Phi) is 3.51. The normalized spacial score (nSPS) is 10.3. The number of ether oxygens (including phenoxy) is 1. The SMILES string of the molecule is COc1cc(C(=O)O)ccc1-c1ccc(C)cc1F. The third kappa shape index (κ3) is 2.57. The summed E-state index contributed by atoms with van der Waals surface area (Å²) in [7, 11) is 1.43. The highest BCUT2D eigenvalue weighted by Gasteiger charge is 2.13. The van der Waals surface area contributed by atoms with Crippen molar-refractivity contribution in [3.8, 4) is 16.9 Å². The van der Waals surface area contributed by atoms with E-state index in [1.54, 1.807) is 25.1 Å². The number of aryl methyl sites for hydroxylation is 1. The van der Waals surface area contributed by atoms with Gasteiger partial charge in [-0.05, 0) is 36.8 Å². The molecule has 0 aliphatic heterocycles. The van der Waals surface area contributed by atoms with Crippen LogP contribution in [0.2, 0.25) is 0 Å². The molecular formula is C15H13FO3. The first-order valence-electron chi connectivity index (χ1n) is 5.71. The first-order chi connectivity index (χ1) is 9.02. The fourth-order valence-corrected chi connectivity index (χ4v) is 1.89. The van der Waals surface area contributed by atoms with Gasteiger partial charge in [0, 0.05) is 11.1 Å². The lowest BCUT2D eigenvalue weighted by atomic mass is 10.0. The largest absolute Gasteiger partial charge is 0.496 e. The van der Waals surface area contributed by atoms with E-state index < -0.39 is 5.97 Å². The zero-order valence-corrected chi connectivity index (χ0v) is 10.6. The maximum Gasteiger partial charge on any atom is 0.335 e. The number of hydrogen-bond donors (Lipinski definition) is 1. The van der Waals surface area contributed by atoms with Gasteiger partial charge in [0.25, 0.3) is 0 Å². The highest BCUT2D eigenvalue weighted by molar-refractivity contribution is 5.89. The maximum absolute atomic E-state index is 13.9. The molecule has 98 valence electrons. The molecule has 2 rings (SSSR count). The lowest BCUT2D eigenvalue weighted by Crippen LogP contribution is -1.98. The van der Waals surface area contributed by atoms with Crippen LogP contribution in [-0.2, 0) is 0 Å². The van der Waals surface area contributed by atoms with Crippen LogP contribution in [0.25, 0.3) is 11.1 Å². The third-order valence-electron chi connectivity index (χ3n) is 2.86. The first kappa shape index (κ1) is 13.1. The zero-order chi connectivity index (χ0) is 14.0. The van der Waals surface area contributed by atoms with E-state index in [0.29, 0.717) is 16.9 Å². The third-order valence-corrected chi connectivity index (χ3v) is 2.86. The number of hydrogen-bond acceptors (Lipinski definition) is 2. The first-order valence-corrected chi connectivity index (χ1v) is 5.71. The fourth-order valence-electron chi connectivity index (χ4n) is 1.89. The quantitative estimate of drug-likeness (QED) is 0.918. The maximum atomic E-state index is 13.9. The van der Waals surface area contributed by atoms with Crippen LogP contribution in [0.15, 0.2) is 36.4 Å². The zero-order valence-electron chi connectivity index (χ0n) is 10.6. The number of rotatable bonds is 3. The van der Waals surface area contributed by atoms with Gasteiger partial charge >= 0.3 is 5.97 Å². The second-order valence-electron chi connectivity index (χ2n) is 4.20. The molecule has 0 spiro atoms. The smallest absolute Gasteiger partial charge is 0.335 e. The number of carbonyl (C=O) groups is 1. The van der Waals surface area contributed by atoms with Gasteiger partial charge in [0.05, 0.1) is 12.7 Å². The Morgan fingerprint density at radius 2 is 1.84 bits per heavy atom. The summed E-state index contributed by atoms with van der Waals surface area (Å²) in [4.78, 5) is 10.9. The molecule has 0 saturated carbocycles. The monoisotopic (exact) mass is 260 g/mol. The van der Waals surface area contributed by atoms with Gasteiger partial charge in [-0.15, -0.1) is 0 Å². The summed E-state index contributed by atoms with van der Waals surface area (Å²) in [5.74, 6) is -1.07. The molecule has 4 heteroatoms. The van der Waals surface area contributed by atoms with Gasteiger partial charge in [-0.25, -0.2) is 9.18 Å². The average Bonchev–Trinajstić information content (AvgIpc) is 2.38. The van der Waals surface area contributed by atoms with Crippen molar-refractivity contribution < 1.29 is 19.0 Å². The number of halogens is 1. The van der Waals surface area contributed by atoms with E-state index >= 15 is 0 Å². The Balaban J connectivity index is 2.58. The summed E-state index contributed by atoms with van der Waals surface area (Å²) in [5.41, 5.74) is 1.85. The molecule has 3 nitrogen and oxygen atoms in total. The van der Waals surface area contributed by atoms with E-state index in [0.717, 1.165) is 5.56 Å². The Morgan fingerprint density at radius 3 is 2.42 bits per heavy atom. The molecule has 0 unspecified atom stereocenters. The van der Waals surface area contributed by atoms with Crippen LogP contribution in [0.1, 0.15) is 15.9 Å². The summed E-state index contributed by atoms with van der Waals surface area (Å²) in [6.45, 7) is 1.80. The van der Waals surface area contributed by atoms with Crippen LogP contribution in [0.3, 0.4) is 0 Å². The van der Waals surface area contributed by atoms with E-state index in [1.807, 2.05) is 0 Å². The Morgan fingerprint density at radius 1 is 1.16 bits per heavy atom. The van der Waals surface area contributed by atoms with Gasteiger partial charge in [-0.1, -0.05) is 12.1 Å². The molecule has 0 aliphatic carbocycles. The van der Waals surface area contributed by atoms with Crippen molar-refractivity contribution in [2.75, 3.05) is 7.11 Å². The molecule has 0 aromatic heterocycles. The minimum absolute atomic E-state index is 0.105. The number of carboxylic acids is 1. The molecule has 2 aromatic rings. The highest BCUT2D eigenvalue weighted by Crippen LogP contribution is 2.32. The number of benzene rings is 2. The Bertz CT molecular complexity index is 635. The minimum Gasteiger partial charge on any atom is -0.496 e. The molecule has 0 radical (unpaired) electrons. The van der Waals surface area contributed by atoms with Crippen LogP contribution >= 0.6 is 0 Å². The van der Waals surface area contributed by atoms with Crippen LogP contribution in [0.5, 0.6) is 5.75 Å². The Labute approximate surface area is 110 Å². The van der Waals surface area contributed by atoms with Gasteiger partial charge in [0.1, 0.15) is 11.6 Å². The molecule has 0 atom stereocenters. The topological polar surface area (TPSA) is 46.5 Å². The predicted octanol–water partition coefficient (Wildman–Crippen LogP) is 3.51. The van der Waals surface area contributed by atoms with Crippen molar-refractivity contribution in [1.29, 1.82) is 0 Å². The van der Waals surface area contributed by atoms with Crippen molar-refractivity contribution in [3.63, 3.8) is 0 Å². The van der Waals surface area contributed by atoms with Crippen LogP contribution in [-0.4, -0.2) is 18.2 Å². The summed E-state index contributed by atoms with van der Waals surface area (Å²) in [5, 5.41) is 8.93. The van der Waals surface area contributed by atoms with E-state index in [-0.39, 0.29) is 11.4 Å². The van der Waals surface area contributed by atoms with Gasteiger partial charge in [-0.3, -0.25) is 0 Å². The number of carboxylic acid groups (broad SMARTS) is 1. The Hall–Kier alpha value is -2.36. The second-order valence-corrected chi connectivity index (χ2v) is 4.20. The molecule has 0 saturated heterocycles. The molecule has 0 amide bonds. The van der Waals surface area contributed by atoms with Crippen molar-refractivity contribution in [2.45, 2.75) is 6.92 Å². The molecular weight excluding hydrogens is 247 g/mol. The van der Waals surface area contributed by atoms with Gasteiger partial charge in [0.15, 0.2) is 0 Å². The fraction of sp³-hybridized carbons (Fsp3) is 0.133. The van der Waals surface area contributed by atoms with Gasteiger partial charge < -0.3 is 9.84 Å².